The number of benzene rings is 1. The smallest absolute Gasteiger partial charge is 0.407 e. The van der Waals surface area contributed by atoms with E-state index in [1.54, 1.807) is 0 Å². The first-order chi connectivity index (χ1) is 10.3. The van der Waals surface area contributed by atoms with E-state index in [0.717, 1.165) is 31.2 Å². The molecular formula is C16H23FN2O2. The fourth-order valence-electron chi connectivity index (χ4n) is 2.63. The van der Waals surface area contributed by atoms with Gasteiger partial charge in [0.1, 0.15) is 13.3 Å². The predicted molar refractivity (Wildman–Crippen MR) is 79.8 cm³/mol. The minimum Gasteiger partial charge on any atom is -0.445 e. The van der Waals surface area contributed by atoms with Crippen LogP contribution in [0, 0.1) is 0 Å². The molecular weight excluding hydrogens is 271 g/mol. The molecule has 0 radical (unpaired) electrons. The fourth-order valence-corrected chi connectivity index (χ4v) is 2.63. The van der Waals surface area contributed by atoms with E-state index in [1.807, 2.05) is 30.3 Å². The van der Waals surface area contributed by atoms with Gasteiger partial charge in [0.2, 0.25) is 0 Å². The maximum atomic E-state index is 12.1. The second-order valence-corrected chi connectivity index (χ2v) is 5.40. The number of alkyl carbamates (subject to hydrolysis) is 1. The summed E-state index contributed by atoms with van der Waals surface area (Å²) in [6, 6.07) is 10.2. The van der Waals surface area contributed by atoms with Crippen LogP contribution in [0.4, 0.5) is 9.18 Å². The number of ether oxygens (including phenoxy) is 1. The van der Waals surface area contributed by atoms with Crippen molar-refractivity contribution >= 4 is 6.09 Å². The van der Waals surface area contributed by atoms with Gasteiger partial charge in [0.25, 0.3) is 0 Å². The molecule has 5 heteroatoms. The van der Waals surface area contributed by atoms with Crippen LogP contribution in [-0.2, 0) is 11.3 Å². The van der Waals surface area contributed by atoms with Crippen LogP contribution in [0.15, 0.2) is 30.3 Å². The summed E-state index contributed by atoms with van der Waals surface area (Å²) in [5, 5.41) is 6.08. The highest BCUT2D eigenvalue weighted by Gasteiger charge is 2.22. The van der Waals surface area contributed by atoms with E-state index in [-0.39, 0.29) is 18.8 Å². The van der Waals surface area contributed by atoms with Crippen molar-refractivity contribution < 1.29 is 13.9 Å². The second-order valence-electron chi connectivity index (χ2n) is 5.40. The first-order valence-electron chi connectivity index (χ1n) is 7.54. The van der Waals surface area contributed by atoms with Crippen molar-refractivity contribution in [1.82, 2.24) is 10.6 Å². The van der Waals surface area contributed by atoms with Gasteiger partial charge in [-0.25, -0.2) is 9.18 Å². The van der Waals surface area contributed by atoms with E-state index >= 15 is 0 Å². The molecule has 21 heavy (non-hydrogen) atoms. The van der Waals surface area contributed by atoms with E-state index in [2.05, 4.69) is 10.6 Å². The van der Waals surface area contributed by atoms with Crippen LogP contribution in [0.2, 0.25) is 0 Å². The number of nitrogens with one attached hydrogen (secondary N) is 2. The number of carbonyl (C=O) groups is 1. The monoisotopic (exact) mass is 294 g/mol. The Morgan fingerprint density at radius 3 is 2.48 bits per heavy atom. The average molecular weight is 294 g/mol. The molecule has 1 amide bonds. The zero-order chi connectivity index (χ0) is 14.9. The highest BCUT2D eigenvalue weighted by Crippen LogP contribution is 2.18. The van der Waals surface area contributed by atoms with Crippen LogP contribution in [0.25, 0.3) is 0 Å². The molecule has 1 fully saturated rings. The summed E-state index contributed by atoms with van der Waals surface area (Å²) >= 11 is 0. The number of hydrogen-bond acceptors (Lipinski definition) is 3. The molecule has 0 atom stereocenters. The Labute approximate surface area is 125 Å². The normalized spacial score (nSPS) is 21.8. The van der Waals surface area contributed by atoms with Gasteiger partial charge in [0.15, 0.2) is 0 Å². The third kappa shape index (κ3) is 5.71. The summed E-state index contributed by atoms with van der Waals surface area (Å²) in [6.07, 6.45) is 3.38. The lowest BCUT2D eigenvalue weighted by atomic mass is 9.91. The van der Waals surface area contributed by atoms with Crippen LogP contribution >= 0.6 is 0 Å². The van der Waals surface area contributed by atoms with Crippen molar-refractivity contribution in [2.75, 3.05) is 13.2 Å². The molecule has 0 unspecified atom stereocenters. The maximum Gasteiger partial charge on any atom is 0.407 e. The topological polar surface area (TPSA) is 50.4 Å². The lowest BCUT2D eigenvalue weighted by molar-refractivity contribution is 0.132. The lowest BCUT2D eigenvalue weighted by Crippen LogP contribution is -2.42. The van der Waals surface area contributed by atoms with Gasteiger partial charge >= 0.3 is 6.09 Å². The number of amides is 1. The molecule has 1 aromatic carbocycles. The second kappa shape index (κ2) is 8.62. The molecule has 4 nitrogen and oxygen atoms in total. The van der Waals surface area contributed by atoms with Gasteiger partial charge in [-0.3, -0.25) is 0 Å². The SMILES string of the molecule is O=C(NC1CCC(NCCF)CC1)OCc1ccccc1. The molecule has 0 spiro atoms. The van der Waals surface area contributed by atoms with E-state index < -0.39 is 0 Å². The summed E-state index contributed by atoms with van der Waals surface area (Å²) in [7, 11) is 0. The van der Waals surface area contributed by atoms with Gasteiger partial charge in [-0.05, 0) is 31.2 Å². The van der Waals surface area contributed by atoms with Crippen LogP contribution in [0.3, 0.4) is 0 Å². The van der Waals surface area contributed by atoms with Crippen molar-refractivity contribution in [3.05, 3.63) is 35.9 Å². The maximum absolute atomic E-state index is 12.1. The van der Waals surface area contributed by atoms with Crippen LogP contribution in [0.1, 0.15) is 31.2 Å². The Morgan fingerprint density at radius 1 is 1.14 bits per heavy atom. The molecule has 0 bridgehead atoms. The summed E-state index contributed by atoms with van der Waals surface area (Å²) in [4.78, 5) is 11.7. The van der Waals surface area contributed by atoms with Gasteiger partial charge < -0.3 is 15.4 Å². The van der Waals surface area contributed by atoms with E-state index in [4.69, 9.17) is 4.74 Å². The van der Waals surface area contributed by atoms with Gasteiger partial charge in [-0.15, -0.1) is 0 Å². The molecule has 2 N–H and O–H groups in total. The Morgan fingerprint density at radius 2 is 1.81 bits per heavy atom. The number of rotatable bonds is 6. The third-order valence-corrected chi connectivity index (χ3v) is 3.79. The molecule has 1 aliphatic carbocycles. The Hall–Kier alpha value is -1.62. The van der Waals surface area contributed by atoms with Crippen molar-refractivity contribution in [3.8, 4) is 0 Å². The number of alkyl halides is 1. The number of carbonyl (C=O) groups excluding carboxylic acids is 1. The third-order valence-electron chi connectivity index (χ3n) is 3.79. The summed E-state index contributed by atoms with van der Waals surface area (Å²) in [5.41, 5.74) is 0.979. The highest BCUT2D eigenvalue weighted by molar-refractivity contribution is 5.67. The zero-order valence-electron chi connectivity index (χ0n) is 12.2. The molecule has 1 aliphatic rings. The molecule has 0 saturated heterocycles. The molecule has 2 rings (SSSR count). The Bertz CT molecular complexity index is 420. The van der Waals surface area contributed by atoms with Crippen molar-refractivity contribution in [3.63, 3.8) is 0 Å². The van der Waals surface area contributed by atoms with Crippen LogP contribution in [0.5, 0.6) is 0 Å². The number of hydrogen-bond donors (Lipinski definition) is 2. The zero-order valence-corrected chi connectivity index (χ0v) is 12.2. The first-order valence-corrected chi connectivity index (χ1v) is 7.54. The Balaban J connectivity index is 1.63. The minimum atomic E-state index is -0.362. The highest BCUT2D eigenvalue weighted by atomic mass is 19.1. The average Bonchev–Trinajstić information content (AvgIpc) is 2.53. The molecule has 1 aromatic rings. The molecule has 116 valence electrons. The van der Waals surface area contributed by atoms with E-state index in [9.17, 15) is 9.18 Å². The van der Waals surface area contributed by atoms with E-state index in [1.165, 1.54) is 0 Å². The first kappa shape index (κ1) is 15.8. The van der Waals surface area contributed by atoms with Gasteiger partial charge in [-0.2, -0.15) is 0 Å². The standard InChI is InChI=1S/C16H23FN2O2/c17-10-11-18-14-6-8-15(9-7-14)19-16(20)21-12-13-4-2-1-3-5-13/h1-5,14-15,18H,6-12H2,(H,19,20). The quantitative estimate of drug-likeness (QED) is 0.848. The summed E-state index contributed by atoms with van der Waals surface area (Å²) in [5.74, 6) is 0. The summed E-state index contributed by atoms with van der Waals surface area (Å²) in [6.45, 7) is 0.381. The van der Waals surface area contributed by atoms with Crippen LogP contribution in [-0.4, -0.2) is 31.4 Å². The minimum absolute atomic E-state index is 0.164. The number of halogens is 1. The summed E-state index contributed by atoms with van der Waals surface area (Å²) < 4.78 is 17.3. The fraction of sp³-hybridized carbons (Fsp3) is 0.562. The van der Waals surface area contributed by atoms with Crippen molar-refractivity contribution in [2.24, 2.45) is 0 Å². The molecule has 1 saturated carbocycles. The van der Waals surface area contributed by atoms with Crippen molar-refractivity contribution in [1.29, 1.82) is 0 Å². The molecule has 0 aromatic heterocycles. The van der Waals surface area contributed by atoms with Gasteiger partial charge in [-0.1, -0.05) is 30.3 Å². The van der Waals surface area contributed by atoms with Crippen molar-refractivity contribution in [2.45, 2.75) is 44.4 Å². The Kier molecular flexibility index (Phi) is 6.47. The lowest BCUT2D eigenvalue weighted by Gasteiger charge is -2.29. The van der Waals surface area contributed by atoms with Gasteiger partial charge in [0, 0.05) is 18.6 Å². The molecule has 0 heterocycles. The van der Waals surface area contributed by atoms with E-state index in [0.29, 0.717) is 19.2 Å². The van der Waals surface area contributed by atoms with Gasteiger partial charge in [0.05, 0.1) is 0 Å². The molecule has 0 aliphatic heterocycles. The predicted octanol–water partition coefficient (Wildman–Crippen LogP) is 2.78. The largest absolute Gasteiger partial charge is 0.445 e. The van der Waals surface area contributed by atoms with Crippen LogP contribution < -0.4 is 10.6 Å².